The fraction of sp³-hybridized carbons (Fsp3) is 0.516. The first kappa shape index (κ1) is 31.1. The van der Waals surface area contributed by atoms with Crippen LogP contribution in [0.3, 0.4) is 0 Å². The van der Waals surface area contributed by atoms with E-state index in [0.717, 1.165) is 22.3 Å². The number of fused-ring (bicyclic) bond motifs is 3. The Labute approximate surface area is 236 Å². The van der Waals surface area contributed by atoms with Gasteiger partial charge in [-0.2, -0.15) is 0 Å². The van der Waals surface area contributed by atoms with Crippen LogP contribution < -0.4 is 10.6 Å². The molecule has 1 aliphatic carbocycles. The van der Waals surface area contributed by atoms with Crippen LogP contribution in [0.5, 0.6) is 0 Å². The Morgan fingerprint density at radius 3 is 1.68 bits per heavy atom. The second-order valence-corrected chi connectivity index (χ2v) is 12.1. The van der Waals surface area contributed by atoms with Crippen molar-refractivity contribution in [2.75, 3.05) is 6.61 Å². The third-order valence-corrected chi connectivity index (χ3v) is 6.48. The zero-order valence-electron chi connectivity index (χ0n) is 24.6. The van der Waals surface area contributed by atoms with Crippen molar-refractivity contribution in [1.29, 1.82) is 0 Å². The van der Waals surface area contributed by atoms with Crippen LogP contribution in [0.25, 0.3) is 11.1 Å². The lowest BCUT2D eigenvalue weighted by molar-refractivity contribution is -0.152. The van der Waals surface area contributed by atoms with Crippen LogP contribution in [0.2, 0.25) is 0 Å². The molecule has 0 bridgehead atoms. The van der Waals surface area contributed by atoms with Crippen molar-refractivity contribution in [1.82, 2.24) is 10.6 Å². The topological polar surface area (TPSA) is 123 Å². The van der Waals surface area contributed by atoms with Gasteiger partial charge in [-0.15, -0.1) is 0 Å². The molecule has 9 heteroatoms. The molecular formula is C31H42N2O7. The van der Waals surface area contributed by atoms with Gasteiger partial charge >= 0.3 is 12.1 Å². The summed E-state index contributed by atoms with van der Waals surface area (Å²) in [4.78, 5) is 38.5. The maximum Gasteiger partial charge on any atom is 0.407 e. The van der Waals surface area contributed by atoms with Crippen LogP contribution in [0.1, 0.15) is 72.4 Å². The van der Waals surface area contributed by atoms with Gasteiger partial charge in [0.25, 0.3) is 0 Å². The van der Waals surface area contributed by atoms with Gasteiger partial charge in [0.15, 0.2) is 6.04 Å². The molecular weight excluding hydrogens is 512 g/mol. The van der Waals surface area contributed by atoms with Gasteiger partial charge in [0, 0.05) is 5.92 Å². The summed E-state index contributed by atoms with van der Waals surface area (Å²) < 4.78 is 17.4. The first-order valence-electron chi connectivity index (χ1n) is 13.6. The van der Waals surface area contributed by atoms with E-state index in [0.29, 0.717) is 0 Å². The molecule has 0 radical (unpaired) electrons. The zero-order valence-corrected chi connectivity index (χ0v) is 24.6. The van der Waals surface area contributed by atoms with E-state index in [4.69, 9.17) is 14.2 Å². The quantitative estimate of drug-likeness (QED) is 0.383. The lowest BCUT2D eigenvalue weighted by Gasteiger charge is -2.33. The summed E-state index contributed by atoms with van der Waals surface area (Å²) in [6, 6.07) is 13.4. The van der Waals surface area contributed by atoms with Crippen molar-refractivity contribution in [2.24, 2.45) is 0 Å². The lowest BCUT2D eigenvalue weighted by atomic mass is 9.98. The number of aliphatic carboxylic acids is 1. The summed E-state index contributed by atoms with van der Waals surface area (Å²) in [6.45, 7) is 14.1. The SMILES string of the molecule is CC(OC(C)(C)C)C(NC(=O)C(NC(=O)OCC1c2ccccc2-c2ccccc21)C(C)OC(C)(C)C)C(=O)O. The number of carboxylic acids is 1. The molecule has 2 aromatic rings. The number of alkyl carbamates (subject to hydrolysis) is 1. The molecule has 1 aliphatic rings. The van der Waals surface area contributed by atoms with Crippen molar-refractivity contribution in [3.63, 3.8) is 0 Å². The van der Waals surface area contributed by atoms with E-state index in [1.807, 2.05) is 69.3 Å². The van der Waals surface area contributed by atoms with Crippen molar-refractivity contribution in [3.8, 4) is 11.1 Å². The predicted molar refractivity (Wildman–Crippen MR) is 152 cm³/mol. The maximum atomic E-state index is 13.4. The number of nitrogens with one attached hydrogen (secondary N) is 2. The molecule has 218 valence electrons. The molecule has 0 aliphatic heterocycles. The number of carboxylic acid groups (broad SMARTS) is 1. The second-order valence-electron chi connectivity index (χ2n) is 12.1. The Balaban J connectivity index is 1.75. The van der Waals surface area contributed by atoms with Crippen LogP contribution in [0.4, 0.5) is 4.79 Å². The molecule has 0 heterocycles. The summed E-state index contributed by atoms with van der Waals surface area (Å²) in [5, 5.41) is 14.9. The minimum absolute atomic E-state index is 0.0664. The van der Waals surface area contributed by atoms with E-state index < -0.39 is 53.5 Å². The molecule has 0 spiro atoms. The Hall–Kier alpha value is -3.43. The molecule has 2 amide bonds. The van der Waals surface area contributed by atoms with Gasteiger partial charge in [-0.3, -0.25) is 4.79 Å². The highest BCUT2D eigenvalue weighted by molar-refractivity contribution is 5.90. The molecule has 3 rings (SSSR count). The molecule has 9 nitrogen and oxygen atoms in total. The predicted octanol–water partition coefficient (Wildman–Crippen LogP) is 4.87. The van der Waals surface area contributed by atoms with E-state index >= 15 is 0 Å². The molecule has 4 atom stereocenters. The number of hydrogen-bond donors (Lipinski definition) is 3. The molecule has 3 N–H and O–H groups in total. The van der Waals surface area contributed by atoms with Crippen molar-refractivity contribution in [3.05, 3.63) is 59.7 Å². The van der Waals surface area contributed by atoms with E-state index in [1.54, 1.807) is 34.6 Å². The van der Waals surface area contributed by atoms with Crippen LogP contribution >= 0.6 is 0 Å². The van der Waals surface area contributed by atoms with Crippen LogP contribution in [-0.2, 0) is 23.8 Å². The first-order chi connectivity index (χ1) is 18.6. The monoisotopic (exact) mass is 554 g/mol. The fourth-order valence-electron chi connectivity index (χ4n) is 5.04. The van der Waals surface area contributed by atoms with Crippen molar-refractivity contribution < 1.29 is 33.7 Å². The normalized spacial score (nSPS) is 16.2. The van der Waals surface area contributed by atoms with Gasteiger partial charge in [0.2, 0.25) is 5.91 Å². The van der Waals surface area contributed by atoms with Crippen molar-refractivity contribution >= 4 is 18.0 Å². The highest BCUT2D eigenvalue weighted by Gasteiger charge is 2.37. The Morgan fingerprint density at radius 1 is 0.775 bits per heavy atom. The summed E-state index contributed by atoms with van der Waals surface area (Å²) in [5.74, 6) is -2.13. The first-order valence-corrected chi connectivity index (χ1v) is 13.6. The number of rotatable bonds is 10. The van der Waals surface area contributed by atoms with E-state index in [9.17, 15) is 19.5 Å². The summed E-state index contributed by atoms with van der Waals surface area (Å²) in [6.07, 6.45) is -2.44. The number of ether oxygens (including phenoxy) is 3. The highest BCUT2D eigenvalue weighted by atomic mass is 16.6. The van der Waals surface area contributed by atoms with Crippen LogP contribution in [0, 0.1) is 0 Å². The van der Waals surface area contributed by atoms with Gasteiger partial charge in [0.05, 0.1) is 23.4 Å². The zero-order chi connectivity index (χ0) is 29.8. The molecule has 2 aromatic carbocycles. The lowest BCUT2D eigenvalue weighted by Crippen LogP contribution is -2.59. The average Bonchev–Trinajstić information content (AvgIpc) is 3.15. The Kier molecular flexibility index (Phi) is 9.64. The molecule has 0 saturated heterocycles. The minimum atomic E-state index is -1.35. The van der Waals surface area contributed by atoms with Crippen molar-refractivity contribution in [2.45, 2.75) is 96.8 Å². The Morgan fingerprint density at radius 2 is 1.23 bits per heavy atom. The van der Waals surface area contributed by atoms with Crippen LogP contribution in [-0.4, -0.2) is 65.2 Å². The second kappa shape index (κ2) is 12.4. The van der Waals surface area contributed by atoms with Gasteiger partial charge in [0.1, 0.15) is 12.6 Å². The Bertz CT molecular complexity index is 1170. The summed E-state index contributed by atoms with van der Waals surface area (Å²) in [5.41, 5.74) is 3.07. The number of amides is 2. The third-order valence-electron chi connectivity index (χ3n) is 6.48. The van der Waals surface area contributed by atoms with Gasteiger partial charge in [-0.25, -0.2) is 9.59 Å². The number of hydrogen-bond acceptors (Lipinski definition) is 6. The number of carbonyl (C=O) groups is 3. The molecule has 0 saturated carbocycles. The fourth-order valence-corrected chi connectivity index (χ4v) is 5.04. The number of benzene rings is 2. The minimum Gasteiger partial charge on any atom is -0.480 e. The molecule has 0 aromatic heterocycles. The molecule has 0 fully saturated rings. The van der Waals surface area contributed by atoms with Gasteiger partial charge < -0.3 is 30.0 Å². The van der Waals surface area contributed by atoms with E-state index in [-0.39, 0.29) is 12.5 Å². The largest absolute Gasteiger partial charge is 0.480 e. The molecule has 4 unspecified atom stereocenters. The van der Waals surface area contributed by atoms with E-state index in [1.165, 1.54) is 0 Å². The van der Waals surface area contributed by atoms with E-state index in [2.05, 4.69) is 10.6 Å². The number of carbonyl (C=O) groups excluding carboxylic acids is 2. The summed E-state index contributed by atoms with van der Waals surface area (Å²) in [7, 11) is 0. The smallest absolute Gasteiger partial charge is 0.407 e. The van der Waals surface area contributed by atoms with Crippen LogP contribution in [0.15, 0.2) is 48.5 Å². The third kappa shape index (κ3) is 8.05. The van der Waals surface area contributed by atoms with Gasteiger partial charge in [-0.05, 0) is 77.6 Å². The summed E-state index contributed by atoms with van der Waals surface area (Å²) >= 11 is 0. The standard InChI is InChI=1S/C31H42N2O7/c1-18(39-30(3,4)5)25(27(34)32-26(28(35)36)19(2)40-31(6,7)8)33-29(37)38-17-24-22-15-11-9-13-20(22)21-14-10-12-16-23(21)24/h9-16,18-19,24-26H,17H2,1-8H3,(H,32,34)(H,33,37)(H,35,36). The molecule has 40 heavy (non-hydrogen) atoms. The average molecular weight is 555 g/mol. The maximum absolute atomic E-state index is 13.4. The van der Waals surface area contributed by atoms with Gasteiger partial charge in [-0.1, -0.05) is 48.5 Å². The highest BCUT2D eigenvalue weighted by Crippen LogP contribution is 2.44.